The summed E-state index contributed by atoms with van der Waals surface area (Å²) in [5.41, 5.74) is 2.29. The molecule has 1 heterocycles. The second-order valence-electron chi connectivity index (χ2n) is 4.21. The molecular weight excluding hydrogens is 214 g/mol. The third-order valence-corrected chi connectivity index (χ3v) is 2.57. The van der Waals surface area contributed by atoms with E-state index in [9.17, 15) is 0 Å². The molecule has 1 rings (SSSR count). The van der Waals surface area contributed by atoms with Crippen molar-refractivity contribution in [2.24, 2.45) is 0 Å². The smallest absolute Gasteiger partial charge is 0.126 e. The van der Waals surface area contributed by atoms with Crippen molar-refractivity contribution in [3.63, 3.8) is 0 Å². The molecule has 17 heavy (non-hydrogen) atoms. The quantitative estimate of drug-likeness (QED) is 0.761. The number of nitrogens with one attached hydrogen (secondary N) is 2. The molecule has 1 aromatic rings. The fourth-order valence-corrected chi connectivity index (χ4v) is 1.53. The average Bonchev–Trinajstić information content (AvgIpc) is 2.32. The molecule has 0 fully saturated rings. The molecule has 0 aliphatic heterocycles. The number of rotatable bonds is 7. The molecule has 0 radical (unpaired) electrons. The highest BCUT2D eigenvalue weighted by molar-refractivity contribution is 5.39. The highest BCUT2D eigenvalue weighted by Gasteiger charge is 2.02. The molecule has 0 spiro atoms. The number of anilines is 1. The van der Waals surface area contributed by atoms with Crippen molar-refractivity contribution in [1.29, 1.82) is 0 Å². The van der Waals surface area contributed by atoms with E-state index in [4.69, 9.17) is 4.74 Å². The minimum absolute atomic E-state index is 0.189. The predicted octanol–water partition coefficient (Wildman–Crippen LogP) is 1.95. The first-order chi connectivity index (χ1) is 8.15. The Morgan fingerprint density at radius 3 is 2.82 bits per heavy atom. The summed E-state index contributed by atoms with van der Waals surface area (Å²) in [6.45, 7) is 8.78. The third kappa shape index (κ3) is 5.15. The van der Waals surface area contributed by atoms with Crippen molar-refractivity contribution in [1.82, 2.24) is 10.3 Å². The standard InChI is InChI=1S/C13H23N3O/c1-5-14-9-12-6-10(2)16-13(7-12)15-8-11(3)17-4/h6-7,11,14H,5,8-9H2,1-4H3,(H,15,16). The van der Waals surface area contributed by atoms with Crippen molar-refractivity contribution < 1.29 is 4.74 Å². The Hall–Kier alpha value is -1.13. The first-order valence-electron chi connectivity index (χ1n) is 6.10. The highest BCUT2D eigenvalue weighted by Crippen LogP contribution is 2.10. The van der Waals surface area contributed by atoms with Crippen LogP contribution in [0.5, 0.6) is 0 Å². The van der Waals surface area contributed by atoms with Gasteiger partial charge in [0, 0.05) is 25.9 Å². The van der Waals surface area contributed by atoms with Crippen LogP contribution in [-0.2, 0) is 11.3 Å². The molecular formula is C13H23N3O. The van der Waals surface area contributed by atoms with E-state index in [0.717, 1.165) is 31.1 Å². The van der Waals surface area contributed by atoms with Crippen molar-refractivity contribution in [3.05, 3.63) is 23.4 Å². The maximum Gasteiger partial charge on any atom is 0.126 e. The Morgan fingerprint density at radius 2 is 2.18 bits per heavy atom. The Kier molecular flexibility index (Phi) is 5.94. The molecule has 0 aliphatic carbocycles. The molecule has 0 amide bonds. The summed E-state index contributed by atoms with van der Waals surface area (Å²) in [6.07, 6.45) is 0.189. The zero-order valence-corrected chi connectivity index (χ0v) is 11.2. The summed E-state index contributed by atoms with van der Waals surface area (Å²) >= 11 is 0. The summed E-state index contributed by atoms with van der Waals surface area (Å²) in [5, 5.41) is 6.60. The Bertz CT molecular complexity index is 341. The second-order valence-corrected chi connectivity index (χ2v) is 4.21. The lowest BCUT2D eigenvalue weighted by atomic mass is 10.2. The molecule has 0 saturated heterocycles. The number of nitrogens with zero attached hydrogens (tertiary/aromatic N) is 1. The molecule has 96 valence electrons. The Labute approximate surface area is 104 Å². The lowest BCUT2D eigenvalue weighted by molar-refractivity contribution is 0.128. The van der Waals surface area contributed by atoms with Gasteiger partial charge >= 0.3 is 0 Å². The topological polar surface area (TPSA) is 46.2 Å². The summed E-state index contributed by atoms with van der Waals surface area (Å²) in [4.78, 5) is 4.45. The molecule has 1 aromatic heterocycles. The number of aromatic nitrogens is 1. The average molecular weight is 237 g/mol. The van der Waals surface area contributed by atoms with Gasteiger partial charge in [0.2, 0.25) is 0 Å². The monoisotopic (exact) mass is 237 g/mol. The van der Waals surface area contributed by atoms with Gasteiger partial charge < -0.3 is 15.4 Å². The van der Waals surface area contributed by atoms with Crippen molar-refractivity contribution in [2.75, 3.05) is 25.5 Å². The number of aryl methyl sites for hydroxylation is 1. The summed E-state index contributed by atoms with van der Waals surface area (Å²) in [7, 11) is 1.71. The molecule has 2 N–H and O–H groups in total. The van der Waals surface area contributed by atoms with Gasteiger partial charge in [-0.2, -0.15) is 0 Å². The summed E-state index contributed by atoms with van der Waals surface area (Å²) in [6, 6.07) is 4.19. The summed E-state index contributed by atoms with van der Waals surface area (Å²) < 4.78 is 5.19. The zero-order chi connectivity index (χ0) is 12.7. The SMILES string of the molecule is CCNCc1cc(C)nc(NCC(C)OC)c1. The van der Waals surface area contributed by atoms with Gasteiger partial charge in [-0.15, -0.1) is 0 Å². The molecule has 4 nitrogen and oxygen atoms in total. The first kappa shape index (κ1) is 13.9. The zero-order valence-electron chi connectivity index (χ0n) is 11.2. The van der Waals surface area contributed by atoms with Crippen molar-refractivity contribution in [2.45, 2.75) is 33.4 Å². The van der Waals surface area contributed by atoms with Gasteiger partial charge in [0.1, 0.15) is 5.82 Å². The van der Waals surface area contributed by atoms with E-state index in [-0.39, 0.29) is 6.10 Å². The maximum atomic E-state index is 5.19. The fraction of sp³-hybridized carbons (Fsp3) is 0.615. The number of ether oxygens (including phenoxy) is 1. The van der Waals surface area contributed by atoms with Crippen LogP contribution < -0.4 is 10.6 Å². The summed E-state index contributed by atoms with van der Waals surface area (Å²) in [5.74, 6) is 0.918. The van der Waals surface area contributed by atoms with Crippen LogP contribution in [0.1, 0.15) is 25.1 Å². The molecule has 0 bridgehead atoms. The molecule has 0 aliphatic rings. The second kappa shape index (κ2) is 7.25. The van der Waals surface area contributed by atoms with E-state index in [1.165, 1.54) is 5.56 Å². The van der Waals surface area contributed by atoms with Crippen LogP contribution in [0, 0.1) is 6.92 Å². The lowest BCUT2D eigenvalue weighted by Crippen LogP contribution is -2.19. The van der Waals surface area contributed by atoms with Crippen LogP contribution in [0.25, 0.3) is 0 Å². The number of hydrogen-bond acceptors (Lipinski definition) is 4. The van der Waals surface area contributed by atoms with E-state index >= 15 is 0 Å². The van der Waals surface area contributed by atoms with E-state index in [0.29, 0.717) is 0 Å². The van der Waals surface area contributed by atoms with E-state index in [1.807, 2.05) is 13.8 Å². The van der Waals surface area contributed by atoms with E-state index in [1.54, 1.807) is 7.11 Å². The third-order valence-electron chi connectivity index (χ3n) is 2.57. The Morgan fingerprint density at radius 1 is 1.41 bits per heavy atom. The van der Waals surface area contributed by atoms with Crippen LogP contribution in [0.4, 0.5) is 5.82 Å². The van der Waals surface area contributed by atoms with E-state index < -0.39 is 0 Å². The van der Waals surface area contributed by atoms with Crippen molar-refractivity contribution in [3.8, 4) is 0 Å². The van der Waals surface area contributed by atoms with Crippen molar-refractivity contribution >= 4 is 5.82 Å². The van der Waals surface area contributed by atoms with Gasteiger partial charge in [-0.25, -0.2) is 4.98 Å². The van der Waals surface area contributed by atoms with Gasteiger partial charge in [0.25, 0.3) is 0 Å². The first-order valence-corrected chi connectivity index (χ1v) is 6.10. The molecule has 0 saturated carbocycles. The number of pyridine rings is 1. The number of hydrogen-bond donors (Lipinski definition) is 2. The van der Waals surface area contributed by atoms with Gasteiger partial charge in [0.05, 0.1) is 6.10 Å². The normalized spacial score (nSPS) is 12.5. The van der Waals surface area contributed by atoms with Gasteiger partial charge in [-0.05, 0) is 38.1 Å². The largest absolute Gasteiger partial charge is 0.380 e. The fourth-order valence-electron chi connectivity index (χ4n) is 1.53. The lowest BCUT2D eigenvalue weighted by Gasteiger charge is -2.13. The Balaban J connectivity index is 2.61. The van der Waals surface area contributed by atoms with Gasteiger partial charge in [-0.1, -0.05) is 6.92 Å². The molecule has 0 aromatic carbocycles. The van der Waals surface area contributed by atoms with Crippen LogP contribution in [-0.4, -0.2) is 31.3 Å². The van der Waals surface area contributed by atoms with Gasteiger partial charge in [0.15, 0.2) is 0 Å². The highest BCUT2D eigenvalue weighted by atomic mass is 16.5. The number of methoxy groups -OCH3 is 1. The maximum absolute atomic E-state index is 5.19. The van der Waals surface area contributed by atoms with Crippen LogP contribution in [0.3, 0.4) is 0 Å². The molecule has 4 heteroatoms. The van der Waals surface area contributed by atoms with Crippen LogP contribution in [0.2, 0.25) is 0 Å². The minimum atomic E-state index is 0.189. The predicted molar refractivity (Wildman–Crippen MR) is 71.3 cm³/mol. The molecule has 1 unspecified atom stereocenters. The van der Waals surface area contributed by atoms with Crippen LogP contribution >= 0.6 is 0 Å². The van der Waals surface area contributed by atoms with E-state index in [2.05, 4.69) is 34.7 Å². The van der Waals surface area contributed by atoms with Gasteiger partial charge in [-0.3, -0.25) is 0 Å². The molecule has 1 atom stereocenters. The minimum Gasteiger partial charge on any atom is -0.380 e. The van der Waals surface area contributed by atoms with Crippen LogP contribution in [0.15, 0.2) is 12.1 Å².